The predicted molar refractivity (Wildman–Crippen MR) is 139 cm³/mol. The van der Waals surface area contributed by atoms with Crippen molar-refractivity contribution in [3.8, 4) is 0 Å². The minimum atomic E-state index is -4.58. The molecule has 0 spiro atoms. The number of nitrogens with two attached hydrogens (primary N) is 1. The molecule has 0 saturated heterocycles. The quantitative estimate of drug-likeness (QED) is 0.316. The monoisotopic (exact) mass is 536 g/mol. The van der Waals surface area contributed by atoms with E-state index in [1.165, 1.54) is 35.6 Å². The number of nitrogen functional groups attached to an aromatic ring is 1. The van der Waals surface area contributed by atoms with E-state index >= 15 is 0 Å². The Hall–Kier alpha value is -5.07. The van der Waals surface area contributed by atoms with Gasteiger partial charge in [-0.1, -0.05) is 12.1 Å². The number of halogens is 3. The number of aryl methyl sites for hydroxylation is 2. The number of alkyl halides is 3. The van der Waals surface area contributed by atoms with Gasteiger partial charge in [0.15, 0.2) is 0 Å². The molecule has 0 atom stereocenters. The van der Waals surface area contributed by atoms with Crippen LogP contribution in [0.1, 0.15) is 32.9 Å². The van der Waals surface area contributed by atoms with Crippen LogP contribution in [-0.4, -0.2) is 31.9 Å². The molecule has 2 aromatic carbocycles. The van der Waals surface area contributed by atoms with E-state index in [4.69, 9.17) is 5.73 Å². The minimum Gasteiger partial charge on any atom is -0.384 e. The van der Waals surface area contributed by atoms with Gasteiger partial charge in [-0.2, -0.15) is 13.2 Å². The maximum Gasteiger partial charge on any atom is 0.416 e. The Bertz CT molecular complexity index is 1510. The number of aromatic nitrogens is 4. The lowest BCUT2D eigenvalue weighted by Gasteiger charge is -2.22. The van der Waals surface area contributed by atoms with Crippen molar-refractivity contribution in [1.82, 2.24) is 19.9 Å². The highest BCUT2D eigenvalue weighted by molar-refractivity contribution is 6.05. The summed E-state index contributed by atoms with van der Waals surface area (Å²) in [5, 5.41) is 5.34. The van der Waals surface area contributed by atoms with Gasteiger partial charge in [-0.05, 0) is 49.7 Å². The molecule has 0 aliphatic heterocycles. The zero-order chi connectivity index (χ0) is 28.2. The summed E-state index contributed by atoms with van der Waals surface area (Å²) >= 11 is 0. The zero-order valence-electron chi connectivity index (χ0n) is 20.8. The SMILES string of the molecule is Cc1cnc(CN(C(=O)Nc2cc(NC(=O)c3cccc(C(F)(F)F)c3)ccc2C)c2cc(N)ncn2)cn1. The molecule has 0 bridgehead atoms. The number of anilines is 4. The van der Waals surface area contributed by atoms with Crippen molar-refractivity contribution in [3.05, 3.63) is 95.3 Å². The van der Waals surface area contributed by atoms with Crippen LogP contribution >= 0.6 is 0 Å². The third-order valence-corrected chi connectivity index (χ3v) is 5.54. The molecular weight excluding hydrogens is 513 g/mol. The molecule has 2 heterocycles. The predicted octanol–water partition coefficient (Wildman–Crippen LogP) is 4.98. The Kier molecular flexibility index (Phi) is 7.70. The van der Waals surface area contributed by atoms with Gasteiger partial charge in [0.2, 0.25) is 0 Å². The first-order valence-corrected chi connectivity index (χ1v) is 11.5. The third-order valence-electron chi connectivity index (χ3n) is 5.54. The van der Waals surface area contributed by atoms with E-state index in [9.17, 15) is 22.8 Å². The summed E-state index contributed by atoms with van der Waals surface area (Å²) in [6.45, 7) is 3.54. The van der Waals surface area contributed by atoms with Gasteiger partial charge in [0.05, 0.1) is 29.7 Å². The molecule has 4 N–H and O–H groups in total. The Morgan fingerprint density at radius 1 is 0.949 bits per heavy atom. The van der Waals surface area contributed by atoms with Crippen LogP contribution < -0.4 is 21.3 Å². The Morgan fingerprint density at radius 3 is 2.44 bits per heavy atom. The lowest BCUT2D eigenvalue weighted by atomic mass is 10.1. The van der Waals surface area contributed by atoms with E-state index < -0.39 is 23.7 Å². The largest absolute Gasteiger partial charge is 0.416 e. The maximum atomic E-state index is 13.4. The fraction of sp³-hybridized carbons (Fsp3) is 0.154. The topological polar surface area (TPSA) is 139 Å². The Labute approximate surface area is 221 Å². The van der Waals surface area contributed by atoms with Crippen LogP contribution in [-0.2, 0) is 12.7 Å². The van der Waals surface area contributed by atoms with Crippen molar-refractivity contribution < 1.29 is 22.8 Å². The van der Waals surface area contributed by atoms with Crippen molar-refractivity contribution in [2.24, 2.45) is 0 Å². The fourth-order valence-corrected chi connectivity index (χ4v) is 3.49. The van der Waals surface area contributed by atoms with Crippen LogP contribution in [0.3, 0.4) is 0 Å². The van der Waals surface area contributed by atoms with Crippen LogP contribution in [0.5, 0.6) is 0 Å². The van der Waals surface area contributed by atoms with Gasteiger partial charge in [0.25, 0.3) is 5.91 Å². The average Bonchev–Trinajstić information content (AvgIpc) is 2.89. The van der Waals surface area contributed by atoms with Gasteiger partial charge in [0.1, 0.15) is 18.0 Å². The summed E-state index contributed by atoms with van der Waals surface area (Å²) < 4.78 is 39.1. The van der Waals surface area contributed by atoms with Crippen molar-refractivity contribution >= 4 is 34.9 Å². The summed E-state index contributed by atoms with van der Waals surface area (Å²) in [5.41, 5.74) is 7.18. The normalized spacial score (nSPS) is 11.1. The van der Waals surface area contributed by atoms with Crippen LogP contribution in [0.25, 0.3) is 0 Å². The second kappa shape index (κ2) is 11.1. The second-order valence-corrected chi connectivity index (χ2v) is 8.53. The molecule has 0 aliphatic rings. The smallest absolute Gasteiger partial charge is 0.384 e. The minimum absolute atomic E-state index is 0.0145. The number of nitrogens with zero attached hydrogens (tertiary/aromatic N) is 5. The molecule has 0 aliphatic carbocycles. The lowest BCUT2D eigenvalue weighted by molar-refractivity contribution is -0.137. The highest BCUT2D eigenvalue weighted by Crippen LogP contribution is 2.30. The molecule has 2 aromatic heterocycles. The van der Waals surface area contributed by atoms with E-state index in [0.29, 0.717) is 22.6 Å². The highest BCUT2D eigenvalue weighted by atomic mass is 19.4. The van der Waals surface area contributed by atoms with Crippen molar-refractivity contribution in [3.63, 3.8) is 0 Å². The summed E-state index contributed by atoms with van der Waals surface area (Å²) in [5.74, 6) is -0.365. The first-order chi connectivity index (χ1) is 18.5. The van der Waals surface area contributed by atoms with Gasteiger partial charge in [0, 0.05) is 29.2 Å². The lowest BCUT2D eigenvalue weighted by Crippen LogP contribution is -2.35. The Balaban J connectivity index is 1.56. The van der Waals surface area contributed by atoms with Crippen LogP contribution in [0.4, 0.5) is 41.0 Å². The third kappa shape index (κ3) is 6.83. The van der Waals surface area contributed by atoms with Crippen LogP contribution in [0.15, 0.2) is 67.3 Å². The molecule has 13 heteroatoms. The van der Waals surface area contributed by atoms with Crippen molar-refractivity contribution in [1.29, 1.82) is 0 Å². The molecule has 10 nitrogen and oxygen atoms in total. The molecule has 3 amide bonds. The number of carbonyl (C=O) groups is 2. The van der Waals surface area contributed by atoms with Gasteiger partial charge in [-0.3, -0.25) is 19.7 Å². The molecule has 4 aromatic rings. The number of hydrogen-bond acceptors (Lipinski definition) is 7. The van der Waals surface area contributed by atoms with E-state index in [2.05, 4.69) is 30.6 Å². The van der Waals surface area contributed by atoms with E-state index in [0.717, 1.165) is 18.2 Å². The van der Waals surface area contributed by atoms with Gasteiger partial charge >= 0.3 is 12.2 Å². The molecule has 200 valence electrons. The molecule has 4 rings (SSSR count). The summed E-state index contributed by atoms with van der Waals surface area (Å²) in [4.78, 5) is 43.9. The first-order valence-electron chi connectivity index (χ1n) is 11.5. The number of hydrogen-bond donors (Lipinski definition) is 3. The van der Waals surface area contributed by atoms with E-state index in [-0.39, 0.29) is 29.4 Å². The van der Waals surface area contributed by atoms with Gasteiger partial charge in [-0.15, -0.1) is 0 Å². The Morgan fingerprint density at radius 2 is 1.74 bits per heavy atom. The second-order valence-electron chi connectivity index (χ2n) is 8.53. The number of urea groups is 1. The number of carbonyl (C=O) groups excluding carboxylic acids is 2. The number of rotatable bonds is 6. The van der Waals surface area contributed by atoms with Crippen LogP contribution in [0.2, 0.25) is 0 Å². The molecule has 0 saturated carbocycles. The van der Waals surface area contributed by atoms with E-state index in [1.54, 1.807) is 32.2 Å². The maximum absolute atomic E-state index is 13.4. The average molecular weight is 537 g/mol. The fourth-order valence-electron chi connectivity index (χ4n) is 3.49. The van der Waals surface area contributed by atoms with Gasteiger partial charge < -0.3 is 16.4 Å². The van der Waals surface area contributed by atoms with Gasteiger partial charge in [-0.25, -0.2) is 14.8 Å². The molecule has 0 unspecified atom stereocenters. The van der Waals surface area contributed by atoms with Crippen molar-refractivity contribution in [2.45, 2.75) is 26.6 Å². The molecule has 0 fully saturated rings. The molecule has 39 heavy (non-hydrogen) atoms. The first kappa shape index (κ1) is 27.0. The summed E-state index contributed by atoms with van der Waals surface area (Å²) in [7, 11) is 0. The summed E-state index contributed by atoms with van der Waals surface area (Å²) in [6.07, 6.45) is -0.251. The van der Waals surface area contributed by atoms with E-state index in [1.807, 2.05) is 0 Å². The molecular formula is C26H23F3N8O2. The number of nitrogens with one attached hydrogen (secondary N) is 2. The van der Waals surface area contributed by atoms with Crippen LogP contribution in [0, 0.1) is 13.8 Å². The highest BCUT2D eigenvalue weighted by Gasteiger charge is 2.31. The zero-order valence-corrected chi connectivity index (χ0v) is 20.8. The summed E-state index contributed by atoms with van der Waals surface area (Å²) in [6, 6.07) is 9.65. The van der Waals surface area contributed by atoms with Crippen molar-refractivity contribution in [2.75, 3.05) is 21.3 Å². The number of benzene rings is 2. The standard InChI is InChI=1S/C26H23F3N8O2/c1-15-6-7-19(35-24(38)17-4-3-5-18(8-17)26(27,28)29)9-21(15)36-25(39)37(23-10-22(30)33-14-34-23)13-20-12-31-16(2)11-32-20/h3-12,14H,13H2,1-2H3,(H,35,38)(H,36,39)(H2,30,33,34). The molecule has 0 radical (unpaired) electrons. The number of amides is 3.